The maximum Gasteiger partial charge on any atom is 0.252 e. The SMILES string of the molecule is Cc1ccccc1C(OC(=O)[O-])c1ccc([S+](C)C)cc1.[O-][Cl+3]([O-])([O-])O. The van der Waals surface area contributed by atoms with Crippen LogP contribution in [-0.2, 0) is 15.6 Å². The molecule has 0 aliphatic heterocycles. The minimum absolute atomic E-state index is 0.170. The van der Waals surface area contributed by atoms with Crippen LogP contribution in [-0.4, -0.2) is 23.3 Å². The molecule has 2 rings (SSSR count). The van der Waals surface area contributed by atoms with Crippen molar-refractivity contribution in [3.63, 3.8) is 0 Å². The Morgan fingerprint density at radius 3 is 2.00 bits per heavy atom. The van der Waals surface area contributed by atoms with Crippen LogP contribution in [0, 0.1) is 17.2 Å². The molecule has 1 atom stereocenters. The van der Waals surface area contributed by atoms with Gasteiger partial charge >= 0.3 is 0 Å². The molecule has 0 radical (unpaired) electrons. The largest absolute Gasteiger partial charge is 0.537 e. The summed E-state index contributed by atoms with van der Waals surface area (Å²) in [5.41, 5.74) is 2.63. The fraction of sp³-hybridized carbons (Fsp3) is 0.235. The molecule has 0 bridgehead atoms. The second kappa shape index (κ2) is 9.77. The van der Waals surface area contributed by atoms with Crippen molar-refractivity contribution in [2.45, 2.75) is 17.9 Å². The minimum Gasteiger partial charge on any atom is -0.537 e. The molecule has 2 aromatic rings. The van der Waals surface area contributed by atoms with Gasteiger partial charge in [0.1, 0.15) is 12.5 Å². The lowest BCUT2D eigenvalue weighted by molar-refractivity contribution is -1.92. The van der Waals surface area contributed by atoms with Crippen molar-refractivity contribution in [3.05, 3.63) is 65.2 Å². The molecule has 9 heteroatoms. The quantitative estimate of drug-likeness (QED) is 0.487. The Balaban J connectivity index is 0.000000597. The summed E-state index contributed by atoms with van der Waals surface area (Å²) in [6.07, 6.45) is 2.12. The maximum absolute atomic E-state index is 10.9. The molecule has 0 aliphatic carbocycles. The highest BCUT2D eigenvalue weighted by atomic mass is 35.7. The number of hydrogen-bond acceptors (Lipinski definition) is 7. The van der Waals surface area contributed by atoms with Gasteiger partial charge in [0.25, 0.3) is 6.16 Å². The van der Waals surface area contributed by atoms with Gasteiger partial charge in [-0.05, 0) is 35.7 Å². The summed E-state index contributed by atoms with van der Waals surface area (Å²) in [6, 6.07) is 15.5. The minimum atomic E-state index is -4.69. The van der Waals surface area contributed by atoms with Crippen molar-refractivity contribution in [2.24, 2.45) is 0 Å². The number of hydrogen-bond donors (Lipinski definition) is 1. The third-order valence-electron chi connectivity index (χ3n) is 3.34. The molecular formula is C17H19ClO7S. The number of benzene rings is 2. The van der Waals surface area contributed by atoms with Gasteiger partial charge in [0.15, 0.2) is 4.90 Å². The summed E-state index contributed by atoms with van der Waals surface area (Å²) in [5.74, 6) is 0. The van der Waals surface area contributed by atoms with Crippen LogP contribution in [0.15, 0.2) is 53.4 Å². The van der Waals surface area contributed by atoms with Crippen LogP contribution < -0.4 is 19.1 Å². The fourth-order valence-electron chi connectivity index (χ4n) is 2.20. The van der Waals surface area contributed by atoms with E-state index in [4.69, 9.17) is 23.4 Å². The van der Waals surface area contributed by atoms with E-state index in [0.29, 0.717) is 0 Å². The van der Waals surface area contributed by atoms with Gasteiger partial charge in [-0.1, -0.05) is 36.4 Å². The molecule has 0 saturated heterocycles. The van der Waals surface area contributed by atoms with Gasteiger partial charge in [0.2, 0.25) is 0 Å². The third-order valence-corrected chi connectivity index (χ3v) is 4.55. The third kappa shape index (κ3) is 8.05. The number of aryl methyl sites for hydroxylation is 1. The highest BCUT2D eigenvalue weighted by Crippen LogP contribution is 2.29. The number of carbonyl (C=O) groups excluding carboxylic acids is 1. The highest BCUT2D eigenvalue weighted by molar-refractivity contribution is 7.95. The van der Waals surface area contributed by atoms with E-state index >= 15 is 0 Å². The standard InChI is InChI=1S/C17H18O3S.ClHO4/c1-12-6-4-5-7-15(12)16(20-17(18)19)13-8-10-14(11-9-13)21(2)3;2-1(3,4)5/h4-11,16H,1-3H3;(H,2,3,4,5). The molecule has 1 N–H and O–H groups in total. The zero-order valence-corrected chi connectivity index (χ0v) is 16.0. The number of halogens is 1. The molecule has 0 aliphatic rings. The zero-order valence-electron chi connectivity index (χ0n) is 14.4. The molecule has 0 saturated carbocycles. The van der Waals surface area contributed by atoms with E-state index < -0.39 is 22.5 Å². The molecule has 0 aromatic heterocycles. The van der Waals surface area contributed by atoms with Crippen molar-refractivity contribution in [1.29, 1.82) is 0 Å². The second-order valence-electron chi connectivity index (χ2n) is 5.39. The monoisotopic (exact) mass is 402 g/mol. The average Bonchev–Trinajstić information content (AvgIpc) is 2.52. The smallest absolute Gasteiger partial charge is 0.252 e. The maximum atomic E-state index is 10.9. The molecule has 142 valence electrons. The molecule has 0 fully saturated rings. The van der Waals surface area contributed by atoms with Crippen LogP contribution in [0.3, 0.4) is 0 Å². The van der Waals surface area contributed by atoms with Gasteiger partial charge in [0, 0.05) is 10.9 Å². The van der Waals surface area contributed by atoms with Gasteiger partial charge in [-0.2, -0.15) is 14.0 Å². The Morgan fingerprint density at radius 1 is 1.08 bits per heavy atom. The topological polar surface area (TPSA) is 139 Å². The lowest BCUT2D eigenvalue weighted by Crippen LogP contribution is -2.58. The normalized spacial score (nSPS) is 12.2. The van der Waals surface area contributed by atoms with Crippen molar-refractivity contribution in [1.82, 2.24) is 0 Å². The van der Waals surface area contributed by atoms with Crippen molar-refractivity contribution >= 4 is 17.1 Å². The van der Waals surface area contributed by atoms with E-state index in [9.17, 15) is 9.90 Å². The van der Waals surface area contributed by atoms with Crippen LogP contribution in [0.5, 0.6) is 0 Å². The van der Waals surface area contributed by atoms with Gasteiger partial charge in [-0.25, -0.2) is 0 Å². The summed E-state index contributed by atoms with van der Waals surface area (Å²) < 4.78 is 37.7. The summed E-state index contributed by atoms with van der Waals surface area (Å²) >= 11 is 0. The van der Waals surface area contributed by atoms with Crippen LogP contribution in [0.25, 0.3) is 0 Å². The van der Waals surface area contributed by atoms with E-state index in [2.05, 4.69) is 12.5 Å². The predicted molar refractivity (Wildman–Crippen MR) is 85.6 cm³/mol. The Hall–Kier alpha value is -1.81. The first kappa shape index (κ1) is 22.2. The molecule has 0 spiro atoms. The van der Waals surface area contributed by atoms with E-state index in [-0.39, 0.29) is 10.9 Å². The average molecular weight is 403 g/mol. The van der Waals surface area contributed by atoms with Crippen LogP contribution >= 0.6 is 0 Å². The van der Waals surface area contributed by atoms with Crippen molar-refractivity contribution in [3.8, 4) is 0 Å². The number of carboxylic acid groups (broad SMARTS) is 1. The Bertz CT molecular complexity index is 708. The Labute approximate surface area is 156 Å². The lowest BCUT2D eigenvalue weighted by Gasteiger charge is -2.24. The second-order valence-corrected chi connectivity index (χ2v) is 8.28. The predicted octanol–water partition coefficient (Wildman–Crippen LogP) is -1.44. The first-order chi connectivity index (χ1) is 12.0. The molecule has 0 heterocycles. The van der Waals surface area contributed by atoms with Crippen molar-refractivity contribution < 1.29 is 43.5 Å². The van der Waals surface area contributed by atoms with Crippen LogP contribution in [0.2, 0.25) is 0 Å². The Kier molecular flexibility index (Phi) is 8.35. The summed E-state index contributed by atoms with van der Waals surface area (Å²) in [6.45, 7) is 1.94. The molecule has 26 heavy (non-hydrogen) atoms. The summed E-state index contributed by atoms with van der Waals surface area (Å²) in [4.78, 5) is 12.1. The van der Waals surface area contributed by atoms with Gasteiger partial charge in [0.05, 0.1) is 21.0 Å². The van der Waals surface area contributed by atoms with E-state index in [1.54, 1.807) is 0 Å². The summed E-state index contributed by atoms with van der Waals surface area (Å²) in [5, 5.41) is 10.9. The highest BCUT2D eigenvalue weighted by Gasteiger charge is 2.16. The first-order valence-electron chi connectivity index (χ1n) is 7.23. The Morgan fingerprint density at radius 2 is 1.58 bits per heavy atom. The number of ether oxygens (including phenoxy) is 1. The van der Waals surface area contributed by atoms with E-state index in [1.165, 1.54) is 4.90 Å². The van der Waals surface area contributed by atoms with Gasteiger partial charge < -0.3 is 14.6 Å². The number of rotatable bonds is 4. The molecule has 1 unspecified atom stereocenters. The summed E-state index contributed by atoms with van der Waals surface area (Å²) in [7, 11) is -4.52. The molecule has 7 nitrogen and oxygen atoms in total. The van der Waals surface area contributed by atoms with Crippen molar-refractivity contribution in [2.75, 3.05) is 12.5 Å². The van der Waals surface area contributed by atoms with E-state index in [1.807, 2.05) is 55.5 Å². The first-order valence-corrected chi connectivity index (χ1v) is 10.5. The van der Waals surface area contributed by atoms with Gasteiger partial charge in [-0.3, -0.25) is 0 Å². The van der Waals surface area contributed by atoms with E-state index in [0.717, 1.165) is 16.7 Å². The molecule has 2 aromatic carbocycles. The molecule has 0 amide bonds. The van der Waals surface area contributed by atoms with Gasteiger partial charge in [-0.15, -0.1) is 0 Å². The lowest BCUT2D eigenvalue weighted by atomic mass is 9.97. The molecular weight excluding hydrogens is 384 g/mol. The van der Waals surface area contributed by atoms with Crippen LogP contribution in [0.1, 0.15) is 22.8 Å². The van der Waals surface area contributed by atoms with Crippen LogP contribution in [0.4, 0.5) is 4.79 Å². The zero-order chi connectivity index (χ0) is 19.9. The number of carbonyl (C=O) groups is 1. The fourth-order valence-corrected chi connectivity index (χ4v) is 2.88.